The van der Waals surface area contributed by atoms with Gasteiger partial charge < -0.3 is 9.84 Å². The number of unbranched alkanes of at least 4 members (excludes halogenated alkanes) is 1. The zero-order valence-corrected chi connectivity index (χ0v) is 21.8. The van der Waals surface area contributed by atoms with E-state index in [4.69, 9.17) is 27.2 Å². The largest absolute Gasteiger partial charge is 0.494 e. The van der Waals surface area contributed by atoms with Crippen LogP contribution in [0.25, 0.3) is 23.0 Å². The average molecular weight is 522 g/mol. The van der Waals surface area contributed by atoms with Crippen LogP contribution in [-0.2, 0) is 9.59 Å². The Balaban J connectivity index is 1.72. The molecule has 1 aliphatic rings. The third-order valence-corrected chi connectivity index (χ3v) is 7.07. The Morgan fingerprint density at radius 3 is 2.69 bits per heavy atom. The Morgan fingerprint density at radius 1 is 1.22 bits per heavy atom. The van der Waals surface area contributed by atoms with Crippen LogP contribution in [0.3, 0.4) is 0 Å². The quantitative estimate of drug-likeness (QED) is 0.208. The van der Waals surface area contributed by atoms with E-state index in [9.17, 15) is 9.59 Å². The van der Waals surface area contributed by atoms with E-state index >= 15 is 0 Å². The van der Waals surface area contributed by atoms with Gasteiger partial charge in [0.2, 0.25) is 0 Å². The number of thiocarbonyl (C=S) groups is 1. The third-order valence-electron chi connectivity index (χ3n) is 5.69. The van der Waals surface area contributed by atoms with Crippen molar-refractivity contribution in [1.29, 1.82) is 0 Å². The molecular weight excluding hydrogens is 494 g/mol. The molecule has 0 radical (unpaired) electrons. The number of amides is 1. The summed E-state index contributed by atoms with van der Waals surface area (Å²) in [7, 11) is 0. The van der Waals surface area contributed by atoms with Crippen LogP contribution in [0.1, 0.15) is 37.3 Å². The summed E-state index contributed by atoms with van der Waals surface area (Å²) in [6.45, 7) is 4.86. The lowest BCUT2D eigenvalue weighted by Gasteiger charge is -2.12. The number of ether oxygens (including phenoxy) is 1. The number of benzene rings is 2. The topological polar surface area (TPSA) is 84.7 Å². The van der Waals surface area contributed by atoms with Gasteiger partial charge in [-0.15, -0.1) is 0 Å². The van der Waals surface area contributed by atoms with Crippen LogP contribution in [0, 0.1) is 6.92 Å². The van der Waals surface area contributed by atoms with Crippen molar-refractivity contribution >= 4 is 46.3 Å². The van der Waals surface area contributed by atoms with E-state index in [0.29, 0.717) is 15.8 Å². The first-order valence-corrected chi connectivity index (χ1v) is 13.0. The van der Waals surface area contributed by atoms with E-state index in [-0.39, 0.29) is 18.9 Å². The van der Waals surface area contributed by atoms with Crippen LogP contribution in [0.2, 0.25) is 0 Å². The molecular formula is C27H27N3O4S2. The molecule has 2 heterocycles. The van der Waals surface area contributed by atoms with Crippen LogP contribution in [0.5, 0.6) is 5.75 Å². The first-order valence-electron chi connectivity index (χ1n) is 11.7. The van der Waals surface area contributed by atoms with E-state index in [0.717, 1.165) is 46.7 Å². The molecule has 36 heavy (non-hydrogen) atoms. The monoisotopic (exact) mass is 521 g/mol. The minimum atomic E-state index is -0.975. The van der Waals surface area contributed by atoms with Crippen LogP contribution in [0.15, 0.2) is 59.6 Å². The number of carboxylic acid groups (broad SMARTS) is 1. The molecule has 0 bridgehead atoms. The molecule has 9 heteroatoms. The molecule has 0 atom stereocenters. The molecule has 0 aliphatic carbocycles. The van der Waals surface area contributed by atoms with Crippen molar-refractivity contribution in [2.75, 3.05) is 13.2 Å². The van der Waals surface area contributed by atoms with Crippen molar-refractivity contribution in [2.45, 2.75) is 33.1 Å². The number of thioether (sulfide) groups is 1. The highest BCUT2D eigenvalue weighted by Crippen LogP contribution is 2.36. The first-order chi connectivity index (χ1) is 17.4. The minimum absolute atomic E-state index is 0.0477. The fourth-order valence-electron chi connectivity index (χ4n) is 3.78. The molecule has 1 amide bonds. The second-order valence-corrected chi connectivity index (χ2v) is 10.0. The smallest absolute Gasteiger partial charge is 0.305 e. The van der Waals surface area contributed by atoms with Gasteiger partial charge in [0.05, 0.1) is 23.6 Å². The van der Waals surface area contributed by atoms with E-state index in [1.807, 2.05) is 61.7 Å². The molecule has 1 aliphatic heterocycles. The Kier molecular flexibility index (Phi) is 8.22. The highest BCUT2D eigenvalue weighted by Gasteiger charge is 2.32. The van der Waals surface area contributed by atoms with Gasteiger partial charge in [0, 0.05) is 23.9 Å². The van der Waals surface area contributed by atoms with Gasteiger partial charge in [0.15, 0.2) is 0 Å². The number of para-hydroxylation sites is 1. The van der Waals surface area contributed by atoms with Crippen LogP contribution >= 0.6 is 24.0 Å². The lowest BCUT2D eigenvalue weighted by atomic mass is 10.0. The van der Waals surface area contributed by atoms with Crippen molar-refractivity contribution in [3.8, 4) is 22.7 Å². The Morgan fingerprint density at radius 2 is 2.00 bits per heavy atom. The number of carboxylic acids is 1. The van der Waals surface area contributed by atoms with E-state index in [2.05, 4.69) is 6.92 Å². The average Bonchev–Trinajstić information content (AvgIpc) is 3.39. The van der Waals surface area contributed by atoms with Gasteiger partial charge in [0.25, 0.3) is 5.91 Å². The zero-order chi connectivity index (χ0) is 25.7. The molecule has 0 unspecified atom stereocenters. The van der Waals surface area contributed by atoms with Gasteiger partial charge in [-0.2, -0.15) is 5.10 Å². The second kappa shape index (κ2) is 11.5. The van der Waals surface area contributed by atoms with Crippen molar-refractivity contribution in [2.24, 2.45) is 0 Å². The fraction of sp³-hybridized carbons (Fsp3) is 0.259. The van der Waals surface area contributed by atoms with Gasteiger partial charge >= 0.3 is 5.97 Å². The summed E-state index contributed by atoms with van der Waals surface area (Å²) >= 11 is 6.52. The molecule has 2 aromatic carbocycles. The van der Waals surface area contributed by atoms with Crippen molar-refractivity contribution in [1.82, 2.24) is 14.7 Å². The number of aryl methyl sites for hydroxylation is 1. The molecule has 1 fully saturated rings. The van der Waals surface area contributed by atoms with Gasteiger partial charge in [-0.05, 0) is 55.3 Å². The van der Waals surface area contributed by atoms with Gasteiger partial charge in [0.1, 0.15) is 15.8 Å². The lowest BCUT2D eigenvalue weighted by molar-refractivity contribution is -0.137. The zero-order valence-electron chi connectivity index (χ0n) is 20.1. The molecule has 4 rings (SSSR count). The summed E-state index contributed by atoms with van der Waals surface area (Å²) in [5.41, 5.74) is 4.32. The van der Waals surface area contributed by atoms with E-state index in [1.54, 1.807) is 10.8 Å². The first kappa shape index (κ1) is 25.7. The SMILES string of the molecule is CCCCOc1ccc(-c2nn(-c3ccccc3)cc2C=C2SC(=S)N(CCC(=O)O)C2=O)c(C)c1. The standard InChI is InChI=1S/C27H27N3O4S2/c1-3-4-14-34-21-10-11-22(18(2)15-21)25-19(17-30(28-25)20-8-6-5-7-9-20)16-23-26(33)29(27(35)36-23)13-12-24(31)32/h5-11,15-17H,3-4,12-14H2,1-2H3,(H,31,32). The number of carbonyl (C=O) groups is 2. The van der Waals surface area contributed by atoms with E-state index in [1.165, 1.54) is 16.7 Å². The molecule has 186 valence electrons. The molecule has 1 aromatic heterocycles. The summed E-state index contributed by atoms with van der Waals surface area (Å²) in [6.07, 6.45) is 5.58. The Bertz CT molecular complexity index is 1320. The Labute approximate surface area is 219 Å². The highest BCUT2D eigenvalue weighted by molar-refractivity contribution is 8.26. The number of nitrogens with zero attached hydrogens (tertiary/aromatic N) is 3. The highest BCUT2D eigenvalue weighted by atomic mass is 32.2. The molecule has 0 saturated carbocycles. The predicted octanol–water partition coefficient (Wildman–Crippen LogP) is 5.70. The summed E-state index contributed by atoms with van der Waals surface area (Å²) in [5, 5.41) is 13.9. The third kappa shape index (κ3) is 5.85. The summed E-state index contributed by atoms with van der Waals surface area (Å²) in [4.78, 5) is 25.8. The maximum atomic E-state index is 13.0. The number of aromatic nitrogens is 2. The van der Waals surface area contributed by atoms with E-state index < -0.39 is 5.97 Å². The normalized spacial score (nSPS) is 14.6. The number of aliphatic carboxylic acids is 1. The van der Waals surface area contributed by atoms with Gasteiger partial charge in [-0.25, -0.2) is 4.68 Å². The predicted molar refractivity (Wildman–Crippen MR) is 146 cm³/mol. The molecule has 0 spiro atoms. The second-order valence-electron chi connectivity index (χ2n) is 8.37. The van der Waals surface area contributed by atoms with Crippen molar-refractivity contribution in [3.05, 3.63) is 70.8 Å². The number of carbonyl (C=O) groups excluding carboxylic acids is 1. The van der Waals surface area contributed by atoms with Crippen LogP contribution in [-0.4, -0.2) is 49.1 Å². The maximum Gasteiger partial charge on any atom is 0.305 e. The fourth-order valence-corrected chi connectivity index (χ4v) is 5.08. The number of rotatable bonds is 10. The van der Waals surface area contributed by atoms with Gasteiger partial charge in [-0.1, -0.05) is 55.5 Å². The maximum absolute atomic E-state index is 13.0. The van der Waals surface area contributed by atoms with Crippen LogP contribution in [0.4, 0.5) is 0 Å². The summed E-state index contributed by atoms with van der Waals surface area (Å²) < 4.78 is 8.01. The minimum Gasteiger partial charge on any atom is -0.494 e. The number of hydrogen-bond donors (Lipinski definition) is 1. The molecule has 1 saturated heterocycles. The van der Waals surface area contributed by atoms with Gasteiger partial charge in [-0.3, -0.25) is 14.5 Å². The summed E-state index contributed by atoms with van der Waals surface area (Å²) in [5.74, 6) is -0.453. The van der Waals surface area contributed by atoms with Crippen LogP contribution < -0.4 is 4.74 Å². The van der Waals surface area contributed by atoms with Crippen molar-refractivity contribution in [3.63, 3.8) is 0 Å². The lowest BCUT2D eigenvalue weighted by Crippen LogP contribution is -2.30. The molecule has 3 aromatic rings. The molecule has 7 nitrogen and oxygen atoms in total. The summed E-state index contributed by atoms with van der Waals surface area (Å²) in [6, 6.07) is 15.7. The van der Waals surface area contributed by atoms with Crippen molar-refractivity contribution < 1.29 is 19.4 Å². The number of hydrogen-bond acceptors (Lipinski definition) is 6. The Hall–Kier alpha value is -3.43. The molecule has 1 N–H and O–H groups in total.